The Labute approximate surface area is 139 Å². The Morgan fingerprint density at radius 2 is 1.96 bits per heavy atom. The molecule has 1 atom stereocenters. The molecule has 1 aliphatic rings. The first-order valence-electron chi connectivity index (χ1n) is 7.25. The molecular weight excluding hydrogens is 341 g/mol. The summed E-state index contributed by atoms with van der Waals surface area (Å²) in [5.41, 5.74) is 0. The van der Waals surface area contributed by atoms with Crippen LogP contribution in [-0.2, 0) is 24.3 Å². The number of nitrogens with one attached hydrogen (secondary N) is 2. The van der Waals surface area contributed by atoms with Crippen molar-refractivity contribution in [2.75, 3.05) is 26.7 Å². The number of benzene rings is 1. The van der Waals surface area contributed by atoms with Crippen molar-refractivity contribution >= 4 is 21.8 Å². The lowest BCUT2D eigenvalue weighted by Gasteiger charge is -2.34. The van der Waals surface area contributed by atoms with E-state index in [0.717, 1.165) is 16.4 Å². The van der Waals surface area contributed by atoms with E-state index in [9.17, 15) is 22.4 Å². The fraction of sp³-hybridized carbons (Fsp3) is 0.429. The van der Waals surface area contributed by atoms with E-state index in [2.05, 4.69) is 10.6 Å². The lowest BCUT2D eigenvalue weighted by atomic mass is 10.3. The third-order valence-electron chi connectivity index (χ3n) is 3.45. The number of likely N-dealkylation sites (N-methyl/N-ethyl adjacent to an activating group) is 1. The maximum atomic E-state index is 13.0. The van der Waals surface area contributed by atoms with Crippen molar-refractivity contribution in [3.05, 3.63) is 30.1 Å². The Balaban J connectivity index is 2.14. The van der Waals surface area contributed by atoms with Gasteiger partial charge in [0.1, 0.15) is 12.0 Å². The largest absolute Gasteiger partial charge is 0.360 e. The summed E-state index contributed by atoms with van der Waals surface area (Å²) in [4.78, 5) is 22.6. The number of halogens is 1. The lowest BCUT2D eigenvalue weighted by Crippen LogP contribution is -2.52. The van der Waals surface area contributed by atoms with E-state index in [4.69, 9.17) is 4.74 Å². The summed E-state index contributed by atoms with van der Waals surface area (Å²) in [5, 5.41) is 4.49. The van der Waals surface area contributed by atoms with Crippen LogP contribution in [0, 0.1) is 5.82 Å². The van der Waals surface area contributed by atoms with Crippen LogP contribution in [0.15, 0.2) is 29.2 Å². The second-order valence-electron chi connectivity index (χ2n) is 5.04. The number of carbonyl (C=O) groups excluding carboxylic acids is 2. The molecule has 1 saturated heterocycles. The molecule has 2 rings (SSSR count). The molecule has 1 heterocycles. The van der Waals surface area contributed by atoms with Crippen LogP contribution < -0.4 is 10.6 Å². The number of sulfonamides is 1. The summed E-state index contributed by atoms with van der Waals surface area (Å²) < 4.78 is 44.8. The predicted molar refractivity (Wildman–Crippen MR) is 81.7 cm³/mol. The molecule has 0 unspecified atom stereocenters. The highest BCUT2D eigenvalue weighted by Crippen LogP contribution is 2.22. The van der Waals surface area contributed by atoms with Crippen LogP contribution >= 0.6 is 0 Å². The van der Waals surface area contributed by atoms with E-state index < -0.39 is 33.9 Å². The minimum Gasteiger partial charge on any atom is -0.360 e. The molecule has 8 nitrogen and oxygen atoms in total. The van der Waals surface area contributed by atoms with Crippen LogP contribution in [0.5, 0.6) is 0 Å². The Bertz CT molecular complexity index is 708. The molecule has 1 fully saturated rings. The average Bonchev–Trinajstić information content (AvgIpc) is 2.59. The average molecular weight is 359 g/mol. The van der Waals surface area contributed by atoms with Crippen LogP contribution in [0.4, 0.5) is 4.39 Å². The van der Waals surface area contributed by atoms with Gasteiger partial charge < -0.3 is 15.4 Å². The van der Waals surface area contributed by atoms with Gasteiger partial charge in [0, 0.05) is 13.6 Å². The van der Waals surface area contributed by atoms with Crippen LogP contribution in [-0.4, -0.2) is 57.5 Å². The molecule has 0 spiro atoms. The molecule has 0 aliphatic carbocycles. The zero-order valence-electron chi connectivity index (χ0n) is 13.0. The van der Waals surface area contributed by atoms with Crippen molar-refractivity contribution in [1.82, 2.24) is 14.9 Å². The standard InChI is InChI=1S/C14H18FN3O5S/c1-16-13(19)14(20)17-9-12-18(7-2-8-23-12)24(21,22)11-5-3-10(15)4-6-11/h3-6,12H,2,7-9H2,1H3,(H,16,19)(H,17,20)/t12-/m1/s1. The fourth-order valence-corrected chi connectivity index (χ4v) is 3.78. The first-order chi connectivity index (χ1) is 11.4. The second-order valence-corrected chi connectivity index (χ2v) is 6.93. The molecule has 0 bridgehead atoms. The van der Waals surface area contributed by atoms with Crippen LogP contribution in [0.3, 0.4) is 0 Å². The van der Waals surface area contributed by atoms with Gasteiger partial charge in [-0.1, -0.05) is 0 Å². The first kappa shape index (κ1) is 18.3. The monoisotopic (exact) mass is 359 g/mol. The molecule has 2 N–H and O–H groups in total. The van der Waals surface area contributed by atoms with Gasteiger partial charge in [-0.15, -0.1) is 0 Å². The van der Waals surface area contributed by atoms with Crippen LogP contribution in [0.1, 0.15) is 6.42 Å². The number of hydrogen-bond acceptors (Lipinski definition) is 5. The number of hydrogen-bond donors (Lipinski definition) is 2. The van der Waals surface area contributed by atoms with Crippen molar-refractivity contribution in [1.29, 1.82) is 0 Å². The van der Waals surface area contributed by atoms with E-state index in [0.29, 0.717) is 13.0 Å². The zero-order chi connectivity index (χ0) is 17.7. The Hall–Kier alpha value is -2.04. The van der Waals surface area contributed by atoms with Gasteiger partial charge in [-0.3, -0.25) is 9.59 Å². The third-order valence-corrected chi connectivity index (χ3v) is 5.35. The molecule has 1 aromatic rings. The molecule has 0 aromatic heterocycles. The summed E-state index contributed by atoms with van der Waals surface area (Å²) >= 11 is 0. The van der Waals surface area contributed by atoms with Crippen molar-refractivity contribution < 1.29 is 27.1 Å². The summed E-state index contributed by atoms with van der Waals surface area (Å²) in [6.45, 7) is 0.350. The van der Waals surface area contributed by atoms with Crippen molar-refractivity contribution in [2.45, 2.75) is 17.5 Å². The lowest BCUT2D eigenvalue weighted by molar-refractivity contribution is -0.139. The number of amides is 2. The maximum absolute atomic E-state index is 13.0. The van der Waals surface area contributed by atoms with Crippen LogP contribution in [0.25, 0.3) is 0 Å². The molecule has 24 heavy (non-hydrogen) atoms. The normalized spacial score (nSPS) is 18.8. The van der Waals surface area contributed by atoms with Gasteiger partial charge in [-0.05, 0) is 30.7 Å². The van der Waals surface area contributed by atoms with E-state index in [1.165, 1.54) is 19.2 Å². The number of carbonyl (C=O) groups is 2. The first-order valence-corrected chi connectivity index (χ1v) is 8.69. The topological polar surface area (TPSA) is 105 Å². The van der Waals surface area contributed by atoms with E-state index in [-0.39, 0.29) is 18.0 Å². The van der Waals surface area contributed by atoms with Gasteiger partial charge in [0.25, 0.3) is 0 Å². The molecular formula is C14H18FN3O5S. The predicted octanol–water partition coefficient (Wildman–Crippen LogP) is -0.575. The van der Waals surface area contributed by atoms with Crippen molar-refractivity contribution in [2.24, 2.45) is 0 Å². The molecule has 2 amide bonds. The highest BCUT2D eigenvalue weighted by Gasteiger charge is 2.34. The highest BCUT2D eigenvalue weighted by atomic mass is 32.2. The van der Waals surface area contributed by atoms with E-state index >= 15 is 0 Å². The van der Waals surface area contributed by atoms with Gasteiger partial charge in [-0.25, -0.2) is 12.8 Å². The second kappa shape index (κ2) is 7.69. The molecule has 1 aliphatic heterocycles. The molecule has 10 heteroatoms. The van der Waals surface area contributed by atoms with Gasteiger partial charge in [0.15, 0.2) is 0 Å². The Kier molecular flexibility index (Phi) is 5.86. The van der Waals surface area contributed by atoms with Gasteiger partial charge in [-0.2, -0.15) is 4.31 Å². The number of ether oxygens (including phenoxy) is 1. The zero-order valence-corrected chi connectivity index (χ0v) is 13.8. The number of nitrogens with zero attached hydrogens (tertiary/aromatic N) is 1. The summed E-state index contributed by atoms with van der Waals surface area (Å²) in [6.07, 6.45) is -0.456. The Morgan fingerprint density at radius 3 is 2.58 bits per heavy atom. The molecule has 0 saturated carbocycles. The Morgan fingerprint density at radius 1 is 1.29 bits per heavy atom. The summed E-state index contributed by atoms with van der Waals surface area (Å²) in [7, 11) is -2.60. The minimum absolute atomic E-state index is 0.0722. The minimum atomic E-state index is -3.91. The quantitative estimate of drug-likeness (QED) is 0.700. The van der Waals surface area contributed by atoms with Gasteiger partial charge in [0.05, 0.1) is 18.0 Å². The fourth-order valence-electron chi connectivity index (χ4n) is 2.22. The van der Waals surface area contributed by atoms with Crippen molar-refractivity contribution in [3.63, 3.8) is 0 Å². The highest BCUT2D eigenvalue weighted by molar-refractivity contribution is 7.89. The molecule has 132 valence electrons. The SMILES string of the molecule is CNC(=O)C(=O)NC[C@H]1OCCCN1S(=O)(=O)c1ccc(F)cc1. The summed E-state index contributed by atoms with van der Waals surface area (Å²) in [6, 6.07) is 4.44. The van der Waals surface area contributed by atoms with E-state index in [1.807, 2.05) is 0 Å². The summed E-state index contributed by atoms with van der Waals surface area (Å²) in [5.74, 6) is -2.26. The molecule has 0 radical (unpaired) electrons. The van der Waals surface area contributed by atoms with Crippen molar-refractivity contribution in [3.8, 4) is 0 Å². The van der Waals surface area contributed by atoms with Gasteiger partial charge >= 0.3 is 11.8 Å². The van der Waals surface area contributed by atoms with E-state index in [1.54, 1.807) is 0 Å². The van der Waals surface area contributed by atoms with Crippen LogP contribution in [0.2, 0.25) is 0 Å². The maximum Gasteiger partial charge on any atom is 0.309 e. The molecule has 1 aromatic carbocycles. The number of rotatable bonds is 4. The third kappa shape index (κ3) is 4.08. The van der Waals surface area contributed by atoms with Gasteiger partial charge in [0.2, 0.25) is 10.0 Å². The smallest absolute Gasteiger partial charge is 0.309 e.